The second-order valence-corrected chi connectivity index (χ2v) is 48.0. The first-order chi connectivity index (χ1) is 43.3. The van der Waals surface area contributed by atoms with E-state index in [0.29, 0.717) is 34.7 Å². The zero-order chi connectivity index (χ0) is 68.4. The number of aliphatic hydroxyl groups excluding tert-OH is 1. The Balaban J connectivity index is 1.08. The van der Waals surface area contributed by atoms with E-state index in [0.717, 1.165) is 12.4 Å². The molecule has 0 spiro atoms. The number of aliphatic hydroxyl groups is 1. The van der Waals surface area contributed by atoms with Crippen LogP contribution in [0.2, 0.25) is 69.5 Å². The van der Waals surface area contributed by atoms with Crippen molar-refractivity contribution in [2.45, 2.75) is 183 Å². The molecule has 3 fully saturated rings. The quantitative estimate of drug-likeness (QED) is 0.0137. The minimum atomic E-state index is -5.52. The molecule has 0 saturated carbocycles. The molecule has 93 heavy (non-hydrogen) atoms. The summed E-state index contributed by atoms with van der Waals surface area (Å²) >= 11 is 6.14. The average molecular weight is 1430 g/mol. The van der Waals surface area contributed by atoms with Crippen molar-refractivity contribution in [1.82, 2.24) is 49.2 Å². The molecule has 4 amide bonds. The number of hydrogen-bond donors (Lipinski definition) is 5. The van der Waals surface area contributed by atoms with E-state index >= 15 is 4.39 Å². The number of fused-ring (bicyclic) bond motifs is 1. The highest BCUT2D eigenvalue weighted by atomic mass is 32.5. The van der Waals surface area contributed by atoms with Crippen LogP contribution in [0.1, 0.15) is 58.1 Å². The number of aromatic nitrogens is 7. The summed E-state index contributed by atoms with van der Waals surface area (Å²) in [5.41, 5.74) is -2.57. The number of carbonyl (C=O) groups is 4. The van der Waals surface area contributed by atoms with Gasteiger partial charge in [0.2, 0.25) is 5.91 Å². The third-order valence-electron chi connectivity index (χ3n) is 16.8. The van der Waals surface area contributed by atoms with Gasteiger partial charge in [0.15, 0.2) is 43.9 Å². The summed E-state index contributed by atoms with van der Waals surface area (Å²) < 4.78 is 132. The molecule has 5 N–H and O–H groups in total. The third kappa shape index (κ3) is 18.1. The number of likely N-dealkylation sites (tertiary alicyclic amines) is 1. The molecular weight excluding hydrogens is 1340 g/mol. The molecule has 4 aliphatic rings. The Hall–Kier alpha value is -4.70. The number of nitrogens with zero attached hydrogens (tertiary/aromatic N) is 9. The Labute approximate surface area is 542 Å². The SMILES string of the molecule is CC(C)(C)[Si](C)(C)O[C@H]1[C@@H](O[P@](=S)(OC[C@@H]2CCCN2C(=O)C(F)(F)F)OC[C@H]2O[C@@H](n3cc4c5c(ncnc53)N(C(=O)OCC[Si](C)(C)C)CCC4)[C@@H](F)[C@@H]2P(=O)(O)O)[C@H](n2cnc3c(=O)n(CCOCNC(=O)CNC(=O)OCC[Si](C)(C)C)cnc32)O[C@@H]1CO. The van der Waals surface area contributed by atoms with Crippen LogP contribution in [-0.2, 0) is 80.6 Å². The van der Waals surface area contributed by atoms with Crippen LogP contribution in [-0.4, -0.2) is 216 Å². The summed E-state index contributed by atoms with van der Waals surface area (Å²) in [5.74, 6) is -2.54. The summed E-state index contributed by atoms with van der Waals surface area (Å²) in [6, 6.07) is 0.205. The predicted octanol–water partition coefficient (Wildman–Crippen LogP) is 6.68. The lowest BCUT2D eigenvalue weighted by Crippen LogP contribution is -2.50. The van der Waals surface area contributed by atoms with Gasteiger partial charge in [-0.15, -0.1) is 0 Å². The summed E-state index contributed by atoms with van der Waals surface area (Å²) in [5, 5.41) is 15.7. The van der Waals surface area contributed by atoms with Crippen molar-refractivity contribution in [2.24, 2.45) is 0 Å². The van der Waals surface area contributed by atoms with E-state index in [2.05, 4.69) is 69.9 Å². The molecule has 0 aliphatic carbocycles. The number of nitrogens with one attached hydrogen (secondary N) is 2. The van der Waals surface area contributed by atoms with E-state index in [9.17, 15) is 56.6 Å². The highest BCUT2D eigenvalue weighted by molar-refractivity contribution is 8.07. The van der Waals surface area contributed by atoms with Gasteiger partial charge < -0.3 is 72.2 Å². The molecule has 8 heterocycles. The fraction of sp³-hybridized carbons (Fsp3) is 0.722. The zero-order valence-corrected chi connectivity index (χ0v) is 59.4. The van der Waals surface area contributed by atoms with E-state index < -0.39 is 154 Å². The largest absolute Gasteiger partial charge is 0.471 e. The highest BCUT2D eigenvalue weighted by Crippen LogP contribution is 2.59. The molecule has 4 aliphatic heterocycles. The summed E-state index contributed by atoms with van der Waals surface area (Å²) in [4.78, 5) is 106. The van der Waals surface area contributed by atoms with Crippen molar-refractivity contribution in [2.75, 3.05) is 70.9 Å². The topological polar surface area (TPSA) is 343 Å². The highest BCUT2D eigenvalue weighted by Gasteiger charge is 2.58. The number of halogens is 4. The first-order valence-corrected chi connectivity index (χ1v) is 45.1. The molecular formula is C54H85F4N11O18P2SSi3. The Bertz CT molecular complexity index is 3500. The van der Waals surface area contributed by atoms with E-state index in [4.69, 9.17) is 53.5 Å². The molecule has 29 nitrogen and oxygen atoms in total. The Morgan fingerprint density at radius 3 is 2.16 bits per heavy atom. The molecule has 4 aromatic heterocycles. The van der Waals surface area contributed by atoms with Crippen LogP contribution in [0.15, 0.2) is 30.0 Å². The van der Waals surface area contributed by atoms with Crippen molar-refractivity contribution >= 4 is 103 Å². The molecule has 0 radical (unpaired) electrons. The lowest BCUT2D eigenvalue weighted by atomic mass is 10.1. The van der Waals surface area contributed by atoms with E-state index in [1.165, 1.54) is 37.5 Å². The number of hydrogen-bond acceptors (Lipinski definition) is 21. The van der Waals surface area contributed by atoms with Crippen LogP contribution >= 0.6 is 14.3 Å². The molecule has 4 aromatic rings. The van der Waals surface area contributed by atoms with Crippen LogP contribution in [0.5, 0.6) is 0 Å². The summed E-state index contributed by atoms with van der Waals surface area (Å²) in [7, 11) is -11.5. The van der Waals surface area contributed by atoms with Crippen molar-refractivity contribution in [3.8, 4) is 0 Å². The van der Waals surface area contributed by atoms with Crippen LogP contribution in [0, 0.1) is 0 Å². The predicted molar refractivity (Wildman–Crippen MR) is 341 cm³/mol. The summed E-state index contributed by atoms with van der Waals surface area (Å²) in [6.07, 6.45) is -12.5. The van der Waals surface area contributed by atoms with Crippen molar-refractivity contribution in [3.63, 3.8) is 0 Å². The normalized spacial score (nSPS) is 24.0. The number of rotatable bonds is 27. The van der Waals surface area contributed by atoms with Gasteiger partial charge in [-0.3, -0.25) is 37.5 Å². The number of alkyl halides is 4. The number of carbonyl (C=O) groups excluding carboxylic acids is 4. The van der Waals surface area contributed by atoms with Crippen LogP contribution in [0.25, 0.3) is 22.2 Å². The lowest BCUT2D eigenvalue weighted by Gasteiger charge is -2.41. The van der Waals surface area contributed by atoms with Gasteiger partial charge >= 0.3 is 38.6 Å². The number of alkyl carbamates (subject to hydrolysis) is 1. The first kappa shape index (κ1) is 74.1. The van der Waals surface area contributed by atoms with Gasteiger partial charge in [0.25, 0.3) is 5.56 Å². The lowest BCUT2D eigenvalue weighted by molar-refractivity contribution is -0.186. The average Bonchev–Trinajstić information content (AvgIpc) is 1.60. The summed E-state index contributed by atoms with van der Waals surface area (Å²) in [6.45, 7) is 14.7. The van der Waals surface area contributed by atoms with Crippen molar-refractivity contribution in [3.05, 3.63) is 41.1 Å². The third-order valence-corrected chi connectivity index (χ3v) is 28.4. The minimum absolute atomic E-state index is 0.00594. The van der Waals surface area contributed by atoms with Crippen molar-refractivity contribution in [1.29, 1.82) is 0 Å². The van der Waals surface area contributed by atoms with E-state index in [-0.39, 0.29) is 88.2 Å². The standard InChI is InChI=1S/C54H85F4N11O18P2SSi3/c1-53(2,3)93(10,11)87-41-35(26-70)84-49(69-31-62-40-46(69)63-30-65(47(40)72)18-19-79-32-64-37(71)24-59-51(74)80-20-22-91(4,5)6)42(41)86-89(90,82-27-34-15-13-16-66(34)50(73)54(56,57)58)83-28-36-43(88(76,77)78)39(55)48(85-36)68-25-33-14-12-17-67(44-38(33)45(68)61-29-60-44)52(75)81-21-23-92(7,8)9/h25,29-31,34-36,39,41-43,48-49,70H,12-24,26-28,32H2,1-11H3,(H,59,74)(H,64,71)(H2,76,77,78)/t34-,35+,36+,39-,41+,42+,43+,48+,49+,89-/m0/s1. The first-order valence-electron chi connectivity index (χ1n) is 30.5. The Morgan fingerprint density at radius 1 is 0.828 bits per heavy atom. The number of anilines is 1. The maximum absolute atomic E-state index is 17.3. The van der Waals surface area contributed by atoms with Crippen LogP contribution < -0.4 is 21.1 Å². The number of aryl methyl sites for hydroxylation is 1. The molecule has 3 saturated heterocycles. The number of amides is 4. The van der Waals surface area contributed by atoms with Gasteiger partial charge in [0, 0.05) is 35.4 Å². The second-order valence-electron chi connectivity index (χ2n) is 27.2. The maximum atomic E-state index is 17.3. The minimum Gasteiger partial charge on any atom is -0.450 e. The molecule has 0 aromatic carbocycles. The van der Waals surface area contributed by atoms with Crippen molar-refractivity contribution < 1.29 is 97.9 Å². The molecule has 0 unspecified atom stereocenters. The fourth-order valence-corrected chi connectivity index (χ4v) is 16.6. The molecule has 39 heteroatoms. The fourth-order valence-electron chi connectivity index (χ4n) is 10.7. The number of ether oxygens (including phenoxy) is 5. The Kier molecular flexibility index (Phi) is 23.6. The van der Waals surface area contributed by atoms with Gasteiger partial charge in [0.1, 0.15) is 61.7 Å². The monoisotopic (exact) mass is 1430 g/mol. The van der Waals surface area contributed by atoms with Gasteiger partial charge in [-0.05, 0) is 73.3 Å². The number of imidazole rings is 1. The Morgan fingerprint density at radius 2 is 1.51 bits per heavy atom. The van der Waals surface area contributed by atoms with Crippen LogP contribution in [0.4, 0.5) is 33.0 Å². The second kappa shape index (κ2) is 29.6. The maximum Gasteiger partial charge on any atom is 0.471 e. The van der Waals surface area contributed by atoms with Gasteiger partial charge in [-0.25, -0.2) is 33.9 Å². The molecule has 10 atom stereocenters. The van der Waals surface area contributed by atoms with E-state index in [1.54, 1.807) is 0 Å². The zero-order valence-electron chi connectivity index (χ0n) is 53.8. The molecule has 520 valence electrons. The van der Waals surface area contributed by atoms with Gasteiger partial charge in [-0.2, -0.15) is 13.2 Å². The van der Waals surface area contributed by atoms with E-state index in [1.807, 2.05) is 33.9 Å². The van der Waals surface area contributed by atoms with Crippen LogP contribution in [0.3, 0.4) is 0 Å². The molecule has 0 bridgehead atoms. The van der Waals surface area contributed by atoms with Gasteiger partial charge in [-0.1, -0.05) is 60.1 Å². The molecule has 8 rings (SSSR count). The van der Waals surface area contributed by atoms with Gasteiger partial charge in [0.05, 0.1) is 63.9 Å². The smallest absolute Gasteiger partial charge is 0.450 e.